The van der Waals surface area contributed by atoms with E-state index in [1.54, 1.807) is 24.4 Å². The van der Waals surface area contributed by atoms with Crippen LogP contribution in [-0.2, 0) is 6.54 Å². The topological polar surface area (TPSA) is 63.8 Å². The fourth-order valence-corrected chi connectivity index (χ4v) is 2.84. The number of nitrogens with zero attached hydrogens (tertiary/aromatic N) is 2. The van der Waals surface area contributed by atoms with Crippen LogP contribution in [0.15, 0.2) is 72.9 Å². The summed E-state index contributed by atoms with van der Waals surface area (Å²) in [5, 5.41) is 4.35. The molecule has 2 heterocycles. The van der Waals surface area contributed by atoms with Gasteiger partial charge in [-0.3, -0.25) is 4.98 Å². The van der Waals surface area contributed by atoms with E-state index in [1.165, 1.54) is 12.1 Å². The van der Waals surface area contributed by atoms with Crippen LogP contribution in [-0.4, -0.2) is 9.97 Å². The van der Waals surface area contributed by atoms with E-state index in [0.29, 0.717) is 29.3 Å². The molecule has 0 amide bonds. The highest BCUT2D eigenvalue weighted by Crippen LogP contribution is 2.24. The van der Waals surface area contributed by atoms with Crippen LogP contribution in [0.5, 0.6) is 0 Å². The third kappa shape index (κ3) is 3.32. The number of anilines is 2. The number of rotatable bonds is 4. The number of fused-ring (bicyclic) bond motifs is 1. The highest BCUT2D eigenvalue weighted by atomic mass is 19.1. The van der Waals surface area contributed by atoms with Crippen LogP contribution >= 0.6 is 0 Å². The number of hydrogen-bond donors (Lipinski definition) is 2. The lowest BCUT2D eigenvalue weighted by atomic mass is 10.1. The maximum atomic E-state index is 13.5. The van der Waals surface area contributed by atoms with Gasteiger partial charge < -0.3 is 11.1 Å². The first-order chi connectivity index (χ1) is 12.7. The Kier molecular flexibility index (Phi) is 4.19. The fraction of sp³-hybridized carbons (Fsp3) is 0.0476. The first-order valence-corrected chi connectivity index (χ1v) is 8.29. The van der Waals surface area contributed by atoms with Crippen molar-refractivity contribution in [2.45, 2.75) is 6.54 Å². The van der Waals surface area contributed by atoms with Crippen molar-refractivity contribution in [3.63, 3.8) is 0 Å². The number of benzene rings is 2. The molecule has 0 unspecified atom stereocenters. The number of nitrogen functional groups attached to an aromatic ring is 1. The van der Waals surface area contributed by atoms with Crippen molar-refractivity contribution >= 4 is 22.4 Å². The van der Waals surface area contributed by atoms with Crippen LogP contribution in [0.1, 0.15) is 5.56 Å². The summed E-state index contributed by atoms with van der Waals surface area (Å²) in [5.41, 5.74) is 10.0. The summed E-state index contributed by atoms with van der Waals surface area (Å²) in [7, 11) is 0. The van der Waals surface area contributed by atoms with Gasteiger partial charge in [0.2, 0.25) is 0 Å². The second-order valence-electron chi connectivity index (χ2n) is 6.03. The Morgan fingerprint density at radius 2 is 1.88 bits per heavy atom. The molecule has 0 aliphatic rings. The minimum absolute atomic E-state index is 0.291. The molecule has 0 radical (unpaired) electrons. The van der Waals surface area contributed by atoms with E-state index in [4.69, 9.17) is 5.73 Å². The molecule has 0 saturated carbocycles. The first-order valence-electron chi connectivity index (χ1n) is 8.29. The Bertz CT molecular complexity index is 1080. The van der Waals surface area contributed by atoms with Gasteiger partial charge in [0.25, 0.3) is 0 Å². The highest BCUT2D eigenvalue weighted by molar-refractivity contribution is 5.79. The quantitative estimate of drug-likeness (QED) is 0.566. The minimum atomic E-state index is -0.291. The normalized spacial score (nSPS) is 10.8. The van der Waals surface area contributed by atoms with E-state index in [0.717, 1.165) is 16.5 Å². The SMILES string of the molecule is Nc1ccc(-c2cccc(F)c2)nc1NCc1ccc2ncccc2c1. The second kappa shape index (κ2) is 6.80. The zero-order valence-electron chi connectivity index (χ0n) is 14.0. The molecule has 4 aromatic rings. The number of nitrogens with two attached hydrogens (primary N) is 1. The van der Waals surface area contributed by atoms with E-state index in [1.807, 2.05) is 30.3 Å². The van der Waals surface area contributed by atoms with E-state index in [2.05, 4.69) is 21.4 Å². The minimum Gasteiger partial charge on any atom is -0.396 e. The van der Waals surface area contributed by atoms with E-state index in [-0.39, 0.29) is 5.82 Å². The van der Waals surface area contributed by atoms with Crippen molar-refractivity contribution in [3.05, 3.63) is 84.3 Å². The lowest BCUT2D eigenvalue weighted by molar-refractivity contribution is 0.628. The third-order valence-electron chi connectivity index (χ3n) is 4.17. The van der Waals surface area contributed by atoms with Crippen molar-refractivity contribution in [2.24, 2.45) is 0 Å². The van der Waals surface area contributed by atoms with Gasteiger partial charge in [-0.2, -0.15) is 0 Å². The predicted octanol–water partition coefficient (Wildman–Crippen LogP) is 4.63. The summed E-state index contributed by atoms with van der Waals surface area (Å²) >= 11 is 0. The Labute approximate surface area is 150 Å². The maximum absolute atomic E-state index is 13.5. The molecule has 0 aliphatic carbocycles. The van der Waals surface area contributed by atoms with Crippen LogP contribution in [0.4, 0.5) is 15.9 Å². The van der Waals surface area contributed by atoms with Crippen molar-refractivity contribution in [1.29, 1.82) is 0 Å². The lowest BCUT2D eigenvalue weighted by Crippen LogP contribution is -2.05. The number of nitrogens with one attached hydrogen (secondary N) is 1. The number of aromatic nitrogens is 2. The van der Waals surface area contributed by atoms with Gasteiger partial charge in [0.15, 0.2) is 0 Å². The van der Waals surface area contributed by atoms with Gasteiger partial charge in [-0.1, -0.05) is 24.3 Å². The number of halogens is 1. The second-order valence-corrected chi connectivity index (χ2v) is 6.03. The maximum Gasteiger partial charge on any atom is 0.150 e. The molecule has 128 valence electrons. The fourth-order valence-electron chi connectivity index (χ4n) is 2.84. The molecule has 5 heteroatoms. The molecule has 0 aliphatic heterocycles. The summed E-state index contributed by atoms with van der Waals surface area (Å²) in [5.74, 6) is 0.290. The first kappa shape index (κ1) is 16.0. The lowest BCUT2D eigenvalue weighted by Gasteiger charge is -2.11. The third-order valence-corrected chi connectivity index (χ3v) is 4.17. The Hall–Kier alpha value is -3.47. The molecule has 4 rings (SSSR count). The molecule has 3 N–H and O–H groups in total. The molecule has 2 aromatic heterocycles. The average molecular weight is 344 g/mol. The molecule has 4 nitrogen and oxygen atoms in total. The van der Waals surface area contributed by atoms with Crippen molar-refractivity contribution in [1.82, 2.24) is 9.97 Å². The van der Waals surface area contributed by atoms with Crippen molar-refractivity contribution < 1.29 is 4.39 Å². The molecule has 0 spiro atoms. The Morgan fingerprint density at radius 1 is 0.962 bits per heavy atom. The zero-order valence-corrected chi connectivity index (χ0v) is 14.0. The molecule has 0 bridgehead atoms. The van der Waals surface area contributed by atoms with Crippen molar-refractivity contribution in [2.75, 3.05) is 11.1 Å². The smallest absolute Gasteiger partial charge is 0.150 e. The summed E-state index contributed by atoms with van der Waals surface area (Å²) in [6.45, 7) is 0.578. The average Bonchev–Trinajstić information content (AvgIpc) is 2.67. The van der Waals surface area contributed by atoms with Gasteiger partial charge in [-0.05, 0) is 48.0 Å². The van der Waals surface area contributed by atoms with Crippen LogP contribution in [0.2, 0.25) is 0 Å². The summed E-state index contributed by atoms with van der Waals surface area (Å²) in [6.07, 6.45) is 1.78. The van der Waals surface area contributed by atoms with Gasteiger partial charge in [0, 0.05) is 23.7 Å². The van der Waals surface area contributed by atoms with E-state index in [9.17, 15) is 4.39 Å². The largest absolute Gasteiger partial charge is 0.396 e. The highest BCUT2D eigenvalue weighted by Gasteiger charge is 2.06. The standard InChI is InChI=1S/C21H17FN4/c22-17-5-1-3-16(12-17)20-9-7-18(23)21(26-20)25-13-14-6-8-19-15(11-14)4-2-10-24-19/h1-12H,13,23H2,(H,25,26). The summed E-state index contributed by atoms with van der Waals surface area (Å²) < 4.78 is 13.5. The van der Waals surface area contributed by atoms with Gasteiger partial charge in [-0.15, -0.1) is 0 Å². The zero-order chi connectivity index (χ0) is 17.9. The van der Waals surface area contributed by atoms with Crippen molar-refractivity contribution in [3.8, 4) is 11.3 Å². The van der Waals surface area contributed by atoms with Crippen LogP contribution in [0.3, 0.4) is 0 Å². The van der Waals surface area contributed by atoms with E-state index >= 15 is 0 Å². The summed E-state index contributed by atoms with van der Waals surface area (Å²) in [6, 6.07) is 20.0. The van der Waals surface area contributed by atoms with Crippen LogP contribution in [0, 0.1) is 5.82 Å². The Morgan fingerprint density at radius 3 is 2.77 bits per heavy atom. The molecule has 2 aromatic carbocycles. The molecular weight excluding hydrogens is 327 g/mol. The monoisotopic (exact) mass is 344 g/mol. The van der Waals surface area contributed by atoms with Crippen LogP contribution in [0.25, 0.3) is 22.2 Å². The molecule has 26 heavy (non-hydrogen) atoms. The number of pyridine rings is 2. The summed E-state index contributed by atoms with van der Waals surface area (Å²) in [4.78, 5) is 8.87. The van der Waals surface area contributed by atoms with E-state index < -0.39 is 0 Å². The van der Waals surface area contributed by atoms with Gasteiger partial charge >= 0.3 is 0 Å². The number of hydrogen-bond acceptors (Lipinski definition) is 4. The van der Waals surface area contributed by atoms with Crippen LogP contribution < -0.4 is 11.1 Å². The predicted molar refractivity (Wildman–Crippen MR) is 103 cm³/mol. The van der Waals surface area contributed by atoms with Gasteiger partial charge in [-0.25, -0.2) is 9.37 Å². The Balaban J connectivity index is 1.58. The molecule has 0 saturated heterocycles. The molecule has 0 fully saturated rings. The van der Waals surface area contributed by atoms with Gasteiger partial charge in [0.1, 0.15) is 11.6 Å². The molecule has 0 atom stereocenters. The van der Waals surface area contributed by atoms with Gasteiger partial charge in [0.05, 0.1) is 16.9 Å². The molecular formula is C21H17FN4.